The third-order valence-corrected chi connectivity index (χ3v) is 7.20. The Kier molecular flexibility index (Phi) is 8.05. The predicted octanol–water partition coefficient (Wildman–Crippen LogP) is 3.82. The van der Waals surface area contributed by atoms with Crippen LogP contribution in [0.1, 0.15) is 30.4 Å². The largest absolute Gasteiger partial charge is 0.497 e. The van der Waals surface area contributed by atoms with Crippen LogP contribution in [0.4, 0.5) is 11.6 Å². The standard InChI is InChI=1S/C29H36N6O3/c1-34-12-5-10-30-28(36)26-6-4-13-35(26)18-20-14-23(17-24(15-20)37-2)32-29-31-11-9-25(33-29)21-7-8-27(38-3)22(16-21)19-34/h7-9,11,14-17,26H,4-6,10,12-13,18-19H2,1-3H3,(H,30,36)(H,31,32,33)/t26-/m1/s1. The zero-order valence-corrected chi connectivity index (χ0v) is 22.4. The van der Waals surface area contributed by atoms with Gasteiger partial charge in [-0.15, -0.1) is 0 Å². The minimum atomic E-state index is -0.118. The number of nitrogens with one attached hydrogen (secondary N) is 2. The Morgan fingerprint density at radius 1 is 1.00 bits per heavy atom. The second-order valence-corrected chi connectivity index (χ2v) is 10.00. The highest BCUT2D eigenvalue weighted by atomic mass is 16.5. The summed E-state index contributed by atoms with van der Waals surface area (Å²) in [6.45, 7) is 3.80. The van der Waals surface area contributed by atoms with Crippen molar-refractivity contribution in [2.45, 2.75) is 38.4 Å². The van der Waals surface area contributed by atoms with Gasteiger partial charge in [0, 0.05) is 48.7 Å². The molecule has 1 saturated heterocycles. The van der Waals surface area contributed by atoms with E-state index in [1.54, 1.807) is 20.4 Å². The highest BCUT2D eigenvalue weighted by Crippen LogP contribution is 2.29. The van der Waals surface area contributed by atoms with Crippen LogP contribution in [0.2, 0.25) is 0 Å². The van der Waals surface area contributed by atoms with E-state index in [1.807, 2.05) is 30.3 Å². The van der Waals surface area contributed by atoms with Gasteiger partial charge in [0.1, 0.15) is 11.5 Å². The number of carbonyl (C=O) groups excluding carboxylic acids is 1. The predicted molar refractivity (Wildman–Crippen MR) is 148 cm³/mol. The van der Waals surface area contributed by atoms with Crippen molar-refractivity contribution >= 4 is 17.5 Å². The molecule has 3 aromatic rings. The van der Waals surface area contributed by atoms with E-state index in [2.05, 4.69) is 44.6 Å². The number of amides is 1. The monoisotopic (exact) mass is 516 g/mol. The van der Waals surface area contributed by atoms with Crippen LogP contribution in [0, 0.1) is 0 Å². The highest BCUT2D eigenvalue weighted by Gasteiger charge is 2.30. The quantitative estimate of drug-likeness (QED) is 0.531. The molecule has 0 aliphatic carbocycles. The third-order valence-electron chi connectivity index (χ3n) is 7.20. The van der Waals surface area contributed by atoms with Crippen LogP contribution in [0.3, 0.4) is 0 Å². The summed E-state index contributed by atoms with van der Waals surface area (Å²) in [6.07, 6.45) is 4.52. The minimum Gasteiger partial charge on any atom is -0.497 e. The Labute approximate surface area is 224 Å². The molecule has 200 valence electrons. The van der Waals surface area contributed by atoms with E-state index in [-0.39, 0.29) is 11.9 Å². The molecule has 2 aromatic carbocycles. The smallest absolute Gasteiger partial charge is 0.237 e. The van der Waals surface area contributed by atoms with Gasteiger partial charge < -0.3 is 25.0 Å². The van der Waals surface area contributed by atoms with Crippen LogP contribution in [-0.4, -0.2) is 72.6 Å². The van der Waals surface area contributed by atoms with Crippen molar-refractivity contribution in [3.8, 4) is 22.8 Å². The van der Waals surface area contributed by atoms with Gasteiger partial charge in [0.15, 0.2) is 0 Å². The zero-order valence-electron chi connectivity index (χ0n) is 22.4. The van der Waals surface area contributed by atoms with Crippen molar-refractivity contribution < 1.29 is 14.3 Å². The molecule has 0 unspecified atom stereocenters. The number of hydrogen-bond acceptors (Lipinski definition) is 8. The molecule has 1 amide bonds. The van der Waals surface area contributed by atoms with Crippen molar-refractivity contribution in [3.05, 3.63) is 59.8 Å². The van der Waals surface area contributed by atoms with Crippen LogP contribution in [-0.2, 0) is 17.9 Å². The molecule has 9 heteroatoms. The van der Waals surface area contributed by atoms with E-state index in [9.17, 15) is 4.79 Å². The Balaban J connectivity index is 1.50. The van der Waals surface area contributed by atoms with Crippen LogP contribution in [0.25, 0.3) is 11.3 Å². The average Bonchev–Trinajstić information content (AvgIpc) is 3.38. The maximum absolute atomic E-state index is 13.1. The first-order chi connectivity index (χ1) is 18.5. The van der Waals surface area contributed by atoms with E-state index in [0.717, 1.165) is 78.5 Å². The van der Waals surface area contributed by atoms with Crippen molar-refractivity contribution in [2.75, 3.05) is 46.2 Å². The van der Waals surface area contributed by atoms with Crippen LogP contribution >= 0.6 is 0 Å². The molecule has 2 aliphatic heterocycles. The maximum Gasteiger partial charge on any atom is 0.237 e. The first-order valence-electron chi connectivity index (χ1n) is 13.2. The molecule has 1 fully saturated rings. The van der Waals surface area contributed by atoms with Gasteiger partial charge in [-0.3, -0.25) is 9.69 Å². The molecular formula is C29H36N6O3. The molecule has 3 heterocycles. The molecule has 2 N–H and O–H groups in total. The molecule has 0 radical (unpaired) electrons. The molecule has 9 nitrogen and oxygen atoms in total. The van der Waals surface area contributed by atoms with Crippen molar-refractivity contribution in [1.82, 2.24) is 25.1 Å². The minimum absolute atomic E-state index is 0.111. The van der Waals surface area contributed by atoms with E-state index < -0.39 is 0 Å². The van der Waals surface area contributed by atoms with Gasteiger partial charge in [0.25, 0.3) is 0 Å². The number of aromatic nitrogens is 2. The van der Waals surface area contributed by atoms with Gasteiger partial charge in [-0.1, -0.05) is 0 Å². The lowest BCUT2D eigenvalue weighted by Crippen LogP contribution is -2.43. The number of methoxy groups -OCH3 is 2. The van der Waals surface area contributed by atoms with E-state index in [0.29, 0.717) is 19.0 Å². The highest BCUT2D eigenvalue weighted by molar-refractivity contribution is 5.82. The number of rotatable bonds is 2. The summed E-state index contributed by atoms with van der Waals surface area (Å²) in [6, 6.07) is 14.0. The number of carbonyl (C=O) groups is 1. The number of ether oxygens (including phenoxy) is 2. The molecule has 2 aliphatic rings. The Morgan fingerprint density at radius 3 is 2.74 bits per heavy atom. The zero-order chi connectivity index (χ0) is 26.5. The summed E-state index contributed by atoms with van der Waals surface area (Å²) >= 11 is 0. The lowest BCUT2D eigenvalue weighted by molar-refractivity contribution is -0.125. The second kappa shape index (κ2) is 11.8. The average molecular weight is 517 g/mol. The SMILES string of the molecule is COc1cc2cc(c1)Nc1nccc(n1)-c1ccc(OC)c(c1)CN(C)CCCNC(=O)[C@H]1CCCN1C2. The van der Waals surface area contributed by atoms with Gasteiger partial charge in [-0.25, -0.2) is 9.97 Å². The maximum atomic E-state index is 13.1. The number of benzene rings is 2. The lowest BCUT2D eigenvalue weighted by Gasteiger charge is -2.25. The van der Waals surface area contributed by atoms with Gasteiger partial charge in [0.2, 0.25) is 11.9 Å². The van der Waals surface area contributed by atoms with Crippen LogP contribution in [0.15, 0.2) is 48.7 Å². The Hall–Kier alpha value is -3.69. The number of fused-ring (bicyclic) bond motifs is 8. The van der Waals surface area contributed by atoms with Gasteiger partial charge in [0.05, 0.1) is 26.0 Å². The molecular weight excluding hydrogens is 480 g/mol. The summed E-state index contributed by atoms with van der Waals surface area (Å²) in [5.74, 6) is 2.20. The summed E-state index contributed by atoms with van der Waals surface area (Å²) in [5, 5.41) is 6.53. The van der Waals surface area contributed by atoms with Crippen molar-refractivity contribution in [2.24, 2.45) is 0 Å². The van der Waals surface area contributed by atoms with Crippen molar-refractivity contribution in [3.63, 3.8) is 0 Å². The fourth-order valence-corrected chi connectivity index (χ4v) is 5.31. The first kappa shape index (κ1) is 25.9. The fraction of sp³-hybridized carbons (Fsp3) is 0.414. The summed E-state index contributed by atoms with van der Waals surface area (Å²) in [4.78, 5) is 26.8. The number of hydrogen-bond donors (Lipinski definition) is 2. The molecule has 0 spiro atoms. The van der Waals surface area contributed by atoms with Crippen molar-refractivity contribution in [1.29, 1.82) is 0 Å². The third kappa shape index (κ3) is 6.06. The molecule has 38 heavy (non-hydrogen) atoms. The van der Waals surface area contributed by atoms with E-state index in [1.165, 1.54) is 0 Å². The molecule has 1 atom stereocenters. The van der Waals surface area contributed by atoms with Gasteiger partial charge in [-0.2, -0.15) is 0 Å². The second-order valence-electron chi connectivity index (χ2n) is 10.00. The van der Waals surface area contributed by atoms with Gasteiger partial charge >= 0.3 is 0 Å². The summed E-state index contributed by atoms with van der Waals surface area (Å²) < 4.78 is 11.2. The van der Waals surface area contributed by atoms with E-state index >= 15 is 0 Å². The molecule has 6 bridgehead atoms. The number of nitrogens with zero attached hydrogens (tertiary/aromatic N) is 4. The Morgan fingerprint density at radius 2 is 1.89 bits per heavy atom. The normalized spacial score (nSPS) is 19.1. The number of anilines is 2. The Bertz CT molecular complexity index is 1280. The molecule has 1 aromatic heterocycles. The fourth-order valence-electron chi connectivity index (χ4n) is 5.31. The topological polar surface area (TPSA) is 91.8 Å². The summed E-state index contributed by atoms with van der Waals surface area (Å²) in [7, 11) is 5.45. The van der Waals surface area contributed by atoms with Crippen LogP contribution in [0.5, 0.6) is 11.5 Å². The lowest BCUT2D eigenvalue weighted by atomic mass is 10.1. The molecule has 0 saturated carbocycles. The first-order valence-corrected chi connectivity index (χ1v) is 13.2. The van der Waals surface area contributed by atoms with Gasteiger partial charge in [-0.05, 0) is 81.4 Å². The summed E-state index contributed by atoms with van der Waals surface area (Å²) in [5.41, 5.74) is 4.81. The van der Waals surface area contributed by atoms with Crippen LogP contribution < -0.4 is 20.1 Å². The van der Waals surface area contributed by atoms with E-state index in [4.69, 9.17) is 14.5 Å². The molecule has 5 rings (SSSR count).